The van der Waals surface area contributed by atoms with Gasteiger partial charge in [0, 0.05) is 18.7 Å². The minimum Gasteiger partial charge on any atom is -0.376 e. The Kier molecular flexibility index (Phi) is 7.01. The second kappa shape index (κ2) is 10.5. The molecule has 4 aromatic rings. The fraction of sp³-hybridized carbons (Fsp3) is 0.276. The van der Waals surface area contributed by atoms with Crippen molar-refractivity contribution in [3.63, 3.8) is 0 Å². The van der Waals surface area contributed by atoms with Crippen LogP contribution in [-0.2, 0) is 24.4 Å². The molecular weight excluding hydrogens is 473 g/mol. The molecule has 1 amide bonds. The summed E-state index contributed by atoms with van der Waals surface area (Å²) in [6.07, 6.45) is 1.44. The highest BCUT2D eigenvalue weighted by Crippen LogP contribution is 2.17. The lowest BCUT2D eigenvalue weighted by atomic mass is 10.1. The zero-order chi connectivity index (χ0) is 25.9. The summed E-state index contributed by atoms with van der Waals surface area (Å²) in [5.41, 5.74) is 2.35. The maximum absolute atomic E-state index is 13.9. The van der Waals surface area contributed by atoms with E-state index in [9.17, 15) is 18.8 Å². The number of fused-ring (bicyclic) bond motifs is 1. The second-order valence-electron chi connectivity index (χ2n) is 9.45. The molecule has 7 nitrogen and oxygen atoms in total. The summed E-state index contributed by atoms with van der Waals surface area (Å²) >= 11 is 0. The van der Waals surface area contributed by atoms with Crippen molar-refractivity contribution in [2.45, 2.75) is 45.5 Å². The fourth-order valence-corrected chi connectivity index (χ4v) is 4.67. The van der Waals surface area contributed by atoms with Crippen LogP contribution < -0.4 is 16.6 Å². The molecule has 0 radical (unpaired) electrons. The van der Waals surface area contributed by atoms with E-state index in [-0.39, 0.29) is 25.1 Å². The van der Waals surface area contributed by atoms with E-state index in [2.05, 4.69) is 5.32 Å². The van der Waals surface area contributed by atoms with Gasteiger partial charge in [-0.3, -0.25) is 18.7 Å². The number of amides is 1. The van der Waals surface area contributed by atoms with Crippen LogP contribution in [0.15, 0.2) is 76.3 Å². The van der Waals surface area contributed by atoms with Gasteiger partial charge in [0.05, 0.1) is 30.1 Å². The number of hydrogen-bond acceptors (Lipinski definition) is 4. The Morgan fingerprint density at radius 1 is 1.03 bits per heavy atom. The molecule has 1 aliphatic heterocycles. The van der Waals surface area contributed by atoms with E-state index in [0.717, 1.165) is 24.0 Å². The number of benzene rings is 3. The molecule has 190 valence electrons. The fourth-order valence-electron chi connectivity index (χ4n) is 4.67. The van der Waals surface area contributed by atoms with Gasteiger partial charge >= 0.3 is 5.69 Å². The molecule has 0 saturated carbocycles. The van der Waals surface area contributed by atoms with Crippen molar-refractivity contribution in [3.05, 3.63) is 116 Å². The van der Waals surface area contributed by atoms with Crippen molar-refractivity contribution in [2.24, 2.45) is 0 Å². The van der Waals surface area contributed by atoms with Crippen molar-refractivity contribution in [1.29, 1.82) is 0 Å². The molecule has 1 fully saturated rings. The molecule has 37 heavy (non-hydrogen) atoms. The molecule has 1 aromatic heterocycles. The van der Waals surface area contributed by atoms with Gasteiger partial charge in [-0.1, -0.05) is 42.0 Å². The molecule has 1 atom stereocenters. The van der Waals surface area contributed by atoms with Crippen LogP contribution in [0.25, 0.3) is 10.9 Å². The first-order valence-corrected chi connectivity index (χ1v) is 12.4. The second-order valence-corrected chi connectivity index (χ2v) is 9.45. The number of aryl methyl sites for hydroxylation is 1. The summed E-state index contributed by atoms with van der Waals surface area (Å²) < 4.78 is 22.2. The molecular formula is C29H28FN3O4. The number of ether oxygens (including phenoxy) is 1. The first-order valence-electron chi connectivity index (χ1n) is 12.4. The lowest BCUT2D eigenvalue weighted by Gasteiger charge is -2.17. The Morgan fingerprint density at radius 2 is 1.84 bits per heavy atom. The zero-order valence-electron chi connectivity index (χ0n) is 20.6. The first-order chi connectivity index (χ1) is 17.9. The van der Waals surface area contributed by atoms with E-state index in [1.807, 2.05) is 31.2 Å². The minimum absolute atomic E-state index is 0.0489. The molecule has 1 saturated heterocycles. The predicted molar refractivity (Wildman–Crippen MR) is 139 cm³/mol. The molecule has 3 aromatic carbocycles. The summed E-state index contributed by atoms with van der Waals surface area (Å²) in [4.78, 5) is 39.9. The van der Waals surface area contributed by atoms with Gasteiger partial charge < -0.3 is 10.1 Å². The molecule has 8 heteroatoms. The number of nitrogens with zero attached hydrogens (tertiary/aromatic N) is 2. The van der Waals surface area contributed by atoms with Crippen LogP contribution in [-0.4, -0.2) is 27.8 Å². The molecule has 1 aliphatic rings. The van der Waals surface area contributed by atoms with E-state index in [4.69, 9.17) is 4.74 Å². The lowest BCUT2D eigenvalue weighted by Crippen LogP contribution is -2.42. The molecule has 2 heterocycles. The average Bonchev–Trinajstić information content (AvgIpc) is 3.41. The maximum Gasteiger partial charge on any atom is 0.331 e. The normalized spacial score (nSPS) is 15.2. The monoisotopic (exact) mass is 501 g/mol. The minimum atomic E-state index is -0.519. The maximum atomic E-state index is 13.9. The smallest absolute Gasteiger partial charge is 0.331 e. The van der Waals surface area contributed by atoms with Gasteiger partial charge in [0.2, 0.25) is 0 Å². The third-order valence-corrected chi connectivity index (χ3v) is 6.70. The molecule has 0 spiro atoms. The van der Waals surface area contributed by atoms with E-state index in [1.54, 1.807) is 30.3 Å². The van der Waals surface area contributed by atoms with Gasteiger partial charge in [-0.15, -0.1) is 0 Å². The van der Waals surface area contributed by atoms with E-state index < -0.39 is 17.1 Å². The van der Waals surface area contributed by atoms with Crippen LogP contribution in [0.4, 0.5) is 4.39 Å². The van der Waals surface area contributed by atoms with Crippen molar-refractivity contribution < 1.29 is 13.9 Å². The van der Waals surface area contributed by atoms with Crippen LogP contribution in [0.5, 0.6) is 0 Å². The average molecular weight is 502 g/mol. The van der Waals surface area contributed by atoms with Gasteiger partial charge in [0.1, 0.15) is 5.82 Å². The Hall–Kier alpha value is -4.04. The van der Waals surface area contributed by atoms with Gasteiger partial charge in [0.15, 0.2) is 0 Å². The van der Waals surface area contributed by atoms with Crippen molar-refractivity contribution in [2.75, 3.05) is 6.61 Å². The van der Waals surface area contributed by atoms with Gasteiger partial charge in [0.25, 0.3) is 11.5 Å². The summed E-state index contributed by atoms with van der Waals surface area (Å²) in [7, 11) is 0. The van der Waals surface area contributed by atoms with Crippen LogP contribution in [0.1, 0.15) is 39.9 Å². The van der Waals surface area contributed by atoms with E-state index in [0.29, 0.717) is 35.2 Å². The molecule has 0 unspecified atom stereocenters. The summed E-state index contributed by atoms with van der Waals surface area (Å²) in [5.74, 6) is -0.741. The highest BCUT2D eigenvalue weighted by Gasteiger charge is 2.21. The van der Waals surface area contributed by atoms with E-state index in [1.165, 1.54) is 21.3 Å². The number of hydrogen-bond donors (Lipinski definition) is 1. The summed E-state index contributed by atoms with van der Waals surface area (Å²) in [6.45, 7) is 3.14. The van der Waals surface area contributed by atoms with Crippen LogP contribution in [0.3, 0.4) is 0 Å². The Labute approximate surface area is 213 Å². The van der Waals surface area contributed by atoms with Crippen molar-refractivity contribution in [3.8, 4) is 0 Å². The highest BCUT2D eigenvalue weighted by molar-refractivity contribution is 5.97. The Balaban J connectivity index is 1.54. The Bertz CT molecular complexity index is 1570. The standard InChI is InChI=1S/C29H28FN3O4/c1-19-7-9-20(10-8-19)16-31-27(34)22-11-12-25-26(15-22)32(17-21-4-2-5-23(30)14-21)29(36)33(28(25)35)18-24-6-3-13-37-24/h2,4-5,7-12,14-15,24H,3,6,13,16-18H2,1H3,(H,31,34)/t24-/m0/s1. The molecule has 5 rings (SSSR count). The largest absolute Gasteiger partial charge is 0.376 e. The molecule has 1 N–H and O–H groups in total. The van der Waals surface area contributed by atoms with Crippen molar-refractivity contribution in [1.82, 2.24) is 14.5 Å². The quantitative estimate of drug-likeness (QED) is 0.418. The summed E-state index contributed by atoms with van der Waals surface area (Å²) in [5, 5.41) is 3.20. The Morgan fingerprint density at radius 3 is 2.57 bits per heavy atom. The first kappa shape index (κ1) is 24.6. The van der Waals surface area contributed by atoms with Crippen LogP contribution >= 0.6 is 0 Å². The third kappa shape index (κ3) is 5.39. The van der Waals surface area contributed by atoms with Gasteiger partial charge in [-0.25, -0.2) is 9.18 Å². The van der Waals surface area contributed by atoms with Crippen molar-refractivity contribution >= 4 is 16.8 Å². The number of aromatic nitrogens is 2. The van der Waals surface area contributed by atoms with Crippen LogP contribution in [0.2, 0.25) is 0 Å². The zero-order valence-corrected chi connectivity index (χ0v) is 20.6. The highest BCUT2D eigenvalue weighted by atomic mass is 19.1. The molecule has 0 bridgehead atoms. The number of halogens is 1. The van der Waals surface area contributed by atoms with Gasteiger partial charge in [-0.05, 0) is 61.2 Å². The predicted octanol–water partition coefficient (Wildman–Crippen LogP) is 3.77. The number of nitrogens with one attached hydrogen (secondary N) is 1. The van der Waals surface area contributed by atoms with Crippen LogP contribution in [0, 0.1) is 12.7 Å². The third-order valence-electron chi connectivity index (χ3n) is 6.70. The lowest BCUT2D eigenvalue weighted by molar-refractivity contribution is 0.0947. The van der Waals surface area contributed by atoms with E-state index >= 15 is 0 Å². The van der Waals surface area contributed by atoms with Gasteiger partial charge in [-0.2, -0.15) is 0 Å². The SMILES string of the molecule is Cc1ccc(CNC(=O)c2ccc3c(=O)n(C[C@@H]4CCCO4)c(=O)n(Cc4cccc(F)c4)c3c2)cc1. The molecule has 0 aliphatic carbocycles. The number of carbonyl (C=O) groups excluding carboxylic acids is 1. The topological polar surface area (TPSA) is 82.3 Å². The number of carbonyl (C=O) groups is 1. The number of rotatable bonds is 7. The summed E-state index contributed by atoms with van der Waals surface area (Å²) in [6, 6.07) is 18.5.